The van der Waals surface area contributed by atoms with Gasteiger partial charge in [-0.05, 0) is 35.3 Å². The minimum absolute atomic E-state index is 0.561. The van der Waals surface area contributed by atoms with E-state index in [1.54, 1.807) is 0 Å². The third-order valence-corrected chi connectivity index (χ3v) is 3.77. The molecule has 0 radical (unpaired) electrons. The van der Waals surface area contributed by atoms with Gasteiger partial charge in [0.15, 0.2) is 5.82 Å². The SMILES string of the molecule is c1ccc(CCCc2nnnn2C[C@H]2CCOC2)cc1. The van der Waals surface area contributed by atoms with Crippen LogP contribution in [0.5, 0.6) is 0 Å². The molecule has 1 saturated heterocycles. The van der Waals surface area contributed by atoms with Gasteiger partial charge in [0.2, 0.25) is 0 Å². The van der Waals surface area contributed by atoms with Crippen LogP contribution in [0.1, 0.15) is 24.2 Å². The van der Waals surface area contributed by atoms with Crippen LogP contribution >= 0.6 is 0 Å². The summed E-state index contributed by atoms with van der Waals surface area (Å²) in [5, 5.41) is 12.1. The van der Waals surface area contributed by atoms with Gasteiger partial charge < -0.3 is 4.74 Å². The summed E-state index contributed by atoms with van der Waals surface area (Å²) in [5.74, 6) is 1.55. The first-order valence-electron chi connectivity index (χ1n) is 7.28. The maximum absolute atomic E-state index is 5.40. The lowest BCUT2D eigenvalue weighted by molar-refractivity contribution is 0.181. The van der Waals surface area contributed by atoms with Crippen molar-refractivity contribution in [2.45, 2.75) is 32.2 Å². The van der Waals surface area contributed by atoms with E-state index in [-0.39, 0.29) is 0 Å². The van der Waals surface area contributed by atoms with Crippen molar-refractivity contribution in [3.05, 3.63) is 41.7 Å². The lowest BCUT2D eigenvalue weighted by Crippen LogP contribution is -2.15. The van der Waals surface area contributed by atoms with Gasteiger partial charge >= 0.3 is 0 Å². The van der Waals surface area contributed by atoms with Crippen LogP contribution in [0.2, 0.25) is 0 Å². The summed E-state index contributed by atoms with van der Waals surface area (Å²) in [6, 6.07) is 10.5. The van der Waals surface area contributed by atoms with Crippen LogP contribution < -0.4 is 0 Å². The van der Waals surface area contributed by atoms with Gasteiger partial charge in [-0.15, -0.1) is 5.10 Å². The van der Waals surface area contributed by atoms with E-state index in [0.717, 1.165) is 51.3 Å². The molecule has 20 heavy (non-hydrogen) atoms. The second kappa shape index (κ2) is 6.61. The first-order valence-corrected chi connectivity index (χ1v) is 7.28. The molecule has 2 aromatic rings. The summed E-state index contributed by atoms with van der Waals surface area (Å²) in [6.45, 7) is 2.59. The zero-order valence-electron chi connectivity index (χ0n) is 11.6. The fourth-order valence-electron chi connectivity index (χ4n) is 2.61. The minimum Gasteiger partial charge on any atom is -0.381 e. The van der Waals surface area contributed by atoms with Gasteiger partial charge in [0.05, 0.1) is 6.61 Å². The molecule has 0 amide bonds. The molecule has 1 atom stereocenters. The highest BCUT2D eigenvalue weighted by molar-refractivity contribution is 5.14. The molecular weight excluding hydrogens is 252 g/mol. The maximum Gasteiger partial charge on any atom is 0.151 e. The summed E-state index contributed by atoms with van der Waals surface area (Å²) in [6.07, 6.45) is 4.19. The molecule has 2 heterocycles. The lowest BCUT2D eigenvalue weighted by atomic mass is 10.1. The van der Waals surface area contributed by atoms with Crippen molar-refractivity contribution in [2.24, 2.45) is 5.92 Å². The molecule has 0 unspecified atom stereocenters. The van der Waals surface area contributed by atoms with Crippen LogP contribution in [0.3, 0.4) is 0 Å². The Hall–Kier alpha value is -1.75. The monoisotopic (exact) mass is 272 g/mol. The number of rotatable bonds is 6. The van der Waals surface area contributed by atoms with Gasteiger partial charge in [-0.3, -0.25) is 0 Å². The largest absolute Gasteiger partial charge is 0.381 e. The third kappa shape index (κ3) is 3.42. The lowest BCUT2D eigenvalue weighted by Gasteiger charge is -2.08. The molecule has 0 spiro atoms. The molecule has 0 N–H and O–H groups in total. The number of hydrogen-bond acceptors (Lipinski definition) is 4. The first kappa shape index (κ1) is 13.2. The van der Waals surface area contributed by atoms with Crippen LogP contribution in [0.25, 0.3) is 0 Å². The molecule has 3 rings (SSSR count). The molecule has 106 valence electrons. The fourth-order valence-corrected chi connectivity index (χ4v) is 2.61. The summed E-state index contributed by atoms with van der Waals surface area (Å²) >= 11 is 0. The van der Waals surface area contributed by atoms with E-state index in [1.807, 2.05) is 10.7 Å². The van der Waals surface area contributed by atoms with Crippen molar-refractivity contribution in [3.63, 3.8) is 0 Å². The molecule has 1 fully saturated rings. The topological polar surface area (TPSA) is 52.8 Å². The number of benzene rings is 1. The average molecular weight is 272 g/mol. The third-order valence-electron chi connectivity index (χ3n) is 3.77. The average Bonchev–Trinajstić information content (AvgIpc) is 3.13. The summed E-state index contributed by atoms with van der Waals surface area (Å²) in [4.78, 5) is 0. The molecule has 5 heteroatoms. The Morgan fingerprint density at radius 3 is 2.90 bits per heavy atom. The summed E-state index contributed by atoms with van der Waals surface area (Å²) < 4.78 is 7.35. The van der Waals surface area contributed by atoms with Crippen molar-refractivity contribution in [1.29, 1.82) is 0 Å². The van der Waals surface area contributed by atoms with Gasteiger partial charge in [-0.2, -0.15) is 0 Å². The smallest absolute Gasteiger partial charge is 0.151 e. The van der Waals surface area contributed by atoms with Crippen molar-refractivity contribution in [3.8, 4) is 0 Å². The van der Waals surface area contributed by atoms with E-state index in [1.165, 1.54) is 5.56 Å². The number of ether oxygens (including phenoxy) is 1. The van der Waals surface area contributed by atoms with Gasteiger partial charge in [0, 0.05) is 25.5 Å². The molecule has 1 aliphatic rings. The van der Waals surface area contributed by atoms with E-state index in [4.69, 9.17) is 4.74 Å². The number of nitrogens with zero attached hydrogens (tertiary/aromatic N) is 4. The second-order valence-electron chi connectivity index (χ2n) is 5.35. The quantitative estimate of drug-likeness (QED) is 0.805. The molecule has 1 aromatic heterocycles. The Bertz CT molecular complexity index is 520. The summed E-state index contributed by atoms with van der Waals surface area (Å²) in [5.41, 5.74) is 1.37. The van der Waals surface area contributed by atoms with Crippen molar-refractivity contribution in [2.75, 3.05) is 13.2 Å². The van der Waals surface area contributed by atoms with Gasteiger partial charge in [-0.25, -0.2) is 4.68 Å². The van der Waals surface area contributed by atoms with E-state index < -0.39 is 0 Å². The second-order valence-corrected chi connectivity index (χ2v) is 5.35. The van der Waals surface area contributed by atoms with Gasteiger partial charge in [0.25, 0.3) is 0 Å². The predicted octanol–water partition coefficient (Wildman–Crippen LogP) is 1.88. The highest BCUT2D eigenvalue weighted by Gasteiger charge is 2.18. The Balaban J connectivity index is 1.51. The van der Waals surface area contributed by atoms with E-state index in [2.05, 4.69) is 39.8 Å². The van der Waals surface area contributed by atoms with E-state index in [0.29, 0.717) is 5.92 Å². The standard InChI is InChI=1S/C15H20N4O/c1-2-5-13(6-3-1)7-4-8-15-16-17-18-19(15)11-14-9-10-20-12-14/h1-3,5-6,14H,4,7-12H2/t14-/m1/s1. The normalized spacial score (nSPS) is 18.5. The van der Waals surface area contributed by atoms with Gasteiger partial charge in [-0.1, -0.05) is 30.3 Å². The van der Waals surface area contributed by atoms with E-state index >= 15 is 0 Å². The number of aryl methyl sites for hydroxylation is 2. The molecule has 5 nitrogen and oxygen atoms in total. The van der Waals surface area contributed by atoms with Crippen molar-refractivity contribution in [1.82, 2.24) is 20.2 Å². The fraction of sp³-hybridized carbons (Fsp3) is 0.533. The van der Waals surface area contributed by atoms with Crippen LogP contribution in [-0.4, -0.2) is 33.4 Å². The number of tetrazole rings is 1. The first-order chi connectivity index (χ1) is 9.92. The van der Waals surface area contributed by atoms with Gasteiger partial charge in [0.1, 0.15) is 0 Å². The van der Waals surface area contributed by atoms with Crippen LogP contribution in [0.4, 0.5) is 0 Å². The zero-order chi connectivity index (χ0) is 13.6. The number of aromatic nitrogens is 4. The highest BCUT2D eigenvalue weighted by Crippen LogP contribution is 2.15. The molecular formula is C15H20N4O. The Morgan fingerprint density at radius 2 is 2.10 bits per heavy atom. The van der Waals surface area contributed by atoms with Crippen molar-refractivity contribution >= 4 is 0 Å². The maximum atomic E-state index is 5.40. The van der Waals surface area contributed by atoms with Crippen LogP contribution in [0, 0.1) is 5.92 Å². The zero-order valence-corrected chi connectivity index (χ0v) is 11.6. The molecule has 1 aromatic carbocycles. The molecule has 0 aliphatic carbocycles. The Kier molecular flexibility index (Phi) is 4.38. The summed E-state index contributed by atoms with van der Waals surface area (Å²) in [7, 11) is 0. The number of hydrogen-bond donors (Lipinski definition) is 0. The molecule has 0 saturated carbocycles. The van der Waals surface area contributed by atoms with Crippen molar-refractivity contribution < 1.29 is 4.74 Å². The molecule has 0 bridgehead atoms. The Labute approximate surface area is 118 Å². The molecule has 1 aliphatic heterocycles. The van der Waals surface area contributed by atoms with Crippen LogP contribution in [-0.2, 0) is 24.1 Å². The Morgan fingerprint density at radius 1 is 1.20 bits per heavy atom. The minimum atomic E-state index is 0.561. The predicted molar refractivity (Wildman–Crippen MR) is 75.2 cm³/mol. The van der Waals surface area contributed by atoms with Crippen LogP contribution in [0.15, 0.2) is 30.3 Å². The highest BCUT2D eigenvalue weighted by atomic mass is 16.5. The van der Waals surface area contributed by atoms with E-state index in [9.17, 15) is 0 Å².